The number of nitrogens with zero attached hydrogens (tertiary/aromatic N) is 1. The van der Waals surface area contributed by atoms with Crippen molar-refractivity contribution >= 4 is 23.4 Å². The van der Waals surface area contributed by atoms with Gasteiger partial charge in [-0.15, -0.1) is 0 Å². The molecule has 0 aliphatic carbocycles. The molecule has 0 heterocycles. The molecule has 1 aromatic carbocycles. The molecule has 0 fully saturated rings. The van der Waals surface area contributed by atoms with Gasteiger partial charge < -0.3 is 9.84 Å². The lowest BCUT2D eigenvalue weighted by atomic mass is 10.0. The van der Waals surface area contributed by atoms with Crippen molar-refractivity contribution in [3.63, 3.8) is 0 Å². The van der Waals surface area contributed by atoms with Crippen LogP contribution in [0.2, 0.25) is 0 Å². The van der Waals surface area contributed by atoms with E-state index in [9.17, 15) is 19.5 Å². The smallest absolute Gasteiger partial charge is 0.374 e. The van der Waals surface area contributed by atoms with Crippen molar-refractivity contribution in [2.75, 3.05) is 6.61 Å². The van der Waals surface area contributed by atoms with Gasteiger partial charge in [0.2, 0.25) is 5.76 Å². The van der Waals surface area contributed by atoms with E-state index in [2.05, 4.69) is 9.73 Å². The van der Waals surface area contributed by atoms with Crippen LogP contribution in [0.5, 0.6) is 0 Å². The van der Waals surface area contributed by atoms with Crippen LogP contribution in [0.25, 0.3) is 0 Å². The first-order valence-corrected chi connectivity index (χ1v) is 7.20. The summed E-state index contributed by atoms with van der Waals surface area (Å²) in [5, 5.41) is 9.96. The van der Waals surface area contributed by atoms with Gasteiger partial charge in [0.1, 0.15) is 0 Å². The number of carbonyl (C=O) groups excluding carboxylic acids is 3. The van der Waals surface area contributed by atoms with Gasteiger partial charge in [-0.05, 0) is 26.0 Å². The Morgan fingerprint density at radius 1 is 1.13 bits per heavy atom. The van der Waals surface area contributed by atoms with E-state index in [4.69, 9.17) is 0 Å². The molecule has 0 spiro atoms. The molecule has 0 saturated carbocycles. The third kappa shape index (κ3) is 4.88. The van der Waals surface area contributed by atoms with Crippen LogP contribution in [-0.2, 0) is 14.3 Å². The summed E-state index contributed by atoms with van der Waals surface area (Å²) in [6.07, 6.45) is 0.0468. The molecule has 1 rings (SSSR count). The van der Waals surface area contributed by atoms with Crippen LogP contribution in [0.4, 0.5) is 0 Å². The van der Waals surface area contributed by atoms with Crippen molar-refractivity contribution < 1.29 is 24.2 Å². The van der Waals surface area contributed by atoms with Gasteiger partial charge in [0.25, 0.3) is 5.91 Å². The summed E-state index contributed by atoms with van der Waals surface area (Å²) in [6.45, 7) is 4.59. The molecule has 0 aliphatic rings. The highest BCUT2D eigenvalue weighted by Gasteiger charge is 2.23. The lowest BCUT2D eigenvalue weighted by Gasteiger charge is -2.08. The van der Waals surface area contributed by atoms with Crippen LogP contribution in [0.3, 0.4) is 0 Å². The van der Waals surface area contributed by atoms with E-state index >= 15 is 0 Å². The largest absolute Gasteiger partial charge is 0.501 e. The van der Waals surface area contributed by atoms with Gasteiger partial charge in [0.15, 0.2) is 5.78 Å². The number of aliphatic hydroxyl groups excluding tert-OH is 1. The monoisotopic (exact) mass is 317 g/mol. The van der Waals surface area contributed by atoms with Gasteiger partial charge in [0, 0.05) is 12.0 Å². The summed E-state index contributed by atoms with van der Waals surface area (Å²) in [7, 11) is 0. The SMILES string of the molecule is CCOC(=O)/C(O)=C(\C(=O)CC)C(C)=NC(=O)c1ccccc1. The summed E-state index contributed by atoms with van der Waals surface area (Å²) >= 11 is 0. The fourth-order valence-corrected chi connectivity index (χ4v) is 1.84. The van der Waals surface area contributed by atoms with Crippen LogP contribution >= 0.6 is 0 Å². The minimum atomic E-state index is -1.02. The number of ketones is 1. The molecule has 1 N–H and O–H groups in total. The molecule has 0 bridgehead atoms. The van der Waals surface area contributed by atoms with Gasteiger partial charge in [-0.1, -0.05) is 25.1 Å². The number of Topliss-reactive ketones (excluding diaryl/α,β-unsaturated/α-hetero) is 1. The van der Waals surface area contributed by atoms with Crippen LogP contribution in [0, 0.1) is 0 Å². The third-order valence-electron chi connectivity index (χ3n) is 2.96. The van der Waals surface area contributed by atoms with E-state index in [1.54, 1.807) is 44.2 Å². The zero-order chi connectivity index (χ0) is 17.4. The summed E-state index contributed by atoms with van der Waals surface area (Å²) in [6, 6.07) is 8.28. The maximum atomic E-state index is 12.1. The molecule has 0 unspecified atom stereocenters. The summed E-state index contributed by atoms with van der Waals surface area (Å²) in [4.78, 5) is 39.5. The second kappa shape index (κ2) is 8.63. The fraction of sp³-hybridized carbons (Fsp3) is 0.294. The first kappa shape index (κ1) is 18.3. The molecule has 0 radical (unpaired) electrons. The number of rotatable bonds is 6. The zero-order valence-corrected chi connectivity index (χ0v) is 13.3. The molecule has 23 heavy (non-hydrogen) atoms. The molecule has 0 aromatic heterocycles. The first-order valence-electron chi connectivity index (χ1n) is 7.20. The maximum absolute atomic E-state index is 12.1. The number of benzene rings is 1. The molecule has 122 valence electrons. The average molecular weight is 317 g/mol. The Morgan fingerprint density at radius 3 is 2.26 bits per heavy atom. The minimum Gasteiger partial charge on any atom is -0.501 e. The van der Waals surface area contributed by atoms with Crippen molar-refractivity contribution in [2.24, 2.45) is 4.99 Å². The summed E-state index contributed by atoms with van der Waals surface area (Å²) < 4.78 is 4.68. The molecular formula is C17H19NO5. The van der Waals surface area contributed by atoms with Crippen molar-refractivity contribution in [3.05, 3.63) is 47.2 Å². The maximum Gasteiger partial charge on any atom is 0.374 e. The second-order valence-corrected chi connectivity index (χ2v) is 4.59. The quantitative estimate of drug-likeness (QED) is 0.377. The van der Waals surface area contributed by atoms with E-state index in [0.29, 0.717) is 5.56 Å². The van der Waals surface area contributed by atoms with Crippen molar-refractivity contribution in [1.29, 1.82) is 0 Å². The highest BCUT2D eigenvalue weighted by Crippen LogP contribution is 2.12. The van der Waals surface area contributed by atoms with E-state index in [1.165, 1.54) is 6.92 Å². The van der Waals surface area contributed by atoms with Gasteiger partial charge in [0.05, 0.1) is 17.9 Å². The van der Waals surface area contributed by atoms with E-state index in [-0.39, 0.29) is 24.3 Å². The van der Waals surface area contributed by atoms with Gasteiger partial charge >= 0.3 is 5.97 Å². The average Bonchev–Trinajstić information content (AvgIpc) is 2.55. The number of allylic oxidation sites excluding steroid dienone is 1. The Hall–Kier alpha value is -2.76. The highest BCUT2D eigenvalue weighted by atomic mass is 16.5. The Balaban J connectivity index is 3.24. The Kier molecular flexibility index (Phi) is 6.86. The van der Waals surface area contributed by atoms with Gasteiger partial charge in [-0.2, -0.15) is 0 Å². The van der Waals surface area contributed by atoms with E-state index in [1.807, 2.05) is 0 Å². The number of ether oxygens (including phenoxy) is 1. The molecule has 0 saturated heterocycles. The lowest BCUT2D eigenvalue weighted by molar-refractivity contribution is -0.141. The summed E-state index contributed by atoms with van der Waals surface area (Å²) in [5.41, 5.74) is 0.0114. The van der Waals surface area contributed by atoms with E-state index in [0.717, 1.165) is 0 Å². The highest BCUT2D eigenvalue weighted by molar-refractivity contribution is 6.26. The van der Waals surface area contributed by atoms with Crippen LogP contribution < -0.4 is 0 Å². The third-order valence-corrected chi connectivity index (χ3v) is 2.96. The van der Waals surface area contributed by atoms with Crippen molar-refractivity contribution in [1.82, 2.24) is 0 Å². The van der Waals surface area contributed by atoms with Crippen LogP contribution in [0.1, 0.15) is 37.6 Å². The molecule has 6 heteroatoms. The van der Waals surface area contributed by atoms with Crippen molar-refractivity contribution in [3.8, 4) is 0 Å². The first-order chi connectivity index (χ1) is 10.9. The zero-order valence-electron chi connectivity index (χ0n) is 13.3. The van der Waals surface area contributed by atoms with E-state index < -0.39 is 23.4 Å². The molecular weight excluding hydrogens is 298 g/mol. The fourth-order valence-electron chi connectivity index (χ4n) is 1.84. The normalized spacial score (nSPS) is 12.4. The Morgan fingerprint density at radius 2 is 1.74 bits per heavy atom. The molecule has 6 nitrogen and oxygen atoms in total. The molecule has 0 aliphatic heterocycles. The molecule has 1 amide bonds. The molecule has 1 aromatic rings. The number of esters is 1. The van der Waals surface area contributed by atoms with Gasteiger partial charge in [-0.25, -0.2) is 9.79 Å². The second-order valence-electron chi connectivity index (χ2n) is 4.59. The predicted octanol–water partition coefficient (Wildman–Crippen LogP) is 2.64. The number of hydrogen-bond donors (Lipinski definition) is 1. The number of aliphatic imine (C=N–C) groups is 1. The standard InChI is InChI=1S/C17H19NO5/c1-4-13(19)14(15(20)17(22)23-5-2)11(3)18-16(21)12-9-7-6-8-10-12/h6-10,20H,4-5H2,1-3H3/b15-14+,18-11?. The molecule has 0 atom stereocenters. The van der Waals surface area contributed by atoms with Gasteiger partial charge in [-0.3, -0.25) is 9.59 Å². The topological polar surface area (TPSA) is 93.0 Å². The van der Waals surface area contributed by atoms with Crippen LogP contribution in [0.15, 0.2) is 46.7 Å². The number of amides is 1. The lowest BCUT2D eigenvalue weighted by Crippen LogP contribution is -2.19. The minimum absolute atomic E-state index is 0.0312. The Bertz CT molecular complexity index is 659. The number of carbonyl (C=O) groups is 3. The number of hydrogen-bond acceptors (Lipinski definition) is 5. The predicted molar refractivity (Wildman–Crippen MR) is 85.5 cm³/mol. The van der Waals surface area contributed by atoms with Crippen molar-refractivity contribution in [2.45, 2.75) is 27.2 Å². The Labute approximate surface area is 134 Å². The number of aliphatic hydroxyl groups is 1. The summed E-state index contributed by atoms with van der Waals surface area (Å²) in [5.74, 6) is -2.93. The van der Waals surface area contributed by atoms with Crippen LogP contribution in [-0.4, -0.2) is 35.1 Å².